The van der Waals surface area contributed by atoms with E-state index in [-0.39, 0.29) is 6.42 Å². The zero-order valence-corrected chi connectivity index (χ0v) is 23.7. The number of benzene rings is 1. The first kappa shape index (κ1) is 28.1. The number of anilines is 2. The molecule has 3 aromatic rings. The van der Waals surface area contributed by atoms with Crippen LogP contribution in [0.15, 0.2) is 58.9 Å². The summed E-state index contributed by atoms with van der Waals surface area (Å²) < 4.78 is 1.85. The molecule has 39 heavy (non-hydrogen) atoms. The second-order valence-electron chi connectivity index (χ2n) is 10.2. The number of hydrogen-bond donors (Lipinski definition) is 1. The average molecular weight is 529 g/mol. The quantitative estimate of drug-likeness (QED) is 0.175. The van der Waals surface area contributed by atoms with E-state index in [0.717, 1.165) is 96.4 Å². The summed E-state index contributed by atoms with van der Waals surface area (Å²) in [5, 5.41) is 14.6. The second-order valence-corrected chi connectivity index (χ2v) is 10.2. The zero-order valence-electron chi connectivity index (χ0n) is 23.7. The van der Waals surface area contributed by atoms with Gasteiger partial charge in [-0.05, 0) is 78.6 Å². The molecule has 0 spiro atoms. The van der Waals surface area contributed by atoms with E-state index in [2.05, 4.69) is 64.9 Å². The summed E-state index contributed by atoms with van der Waals surface area (Å²) in [4.78, 5) is 25.3. The number of aliphatic imine (C=N–C) groups is 1. The molecule has 0 radical (unpaired) electrons. The number of unbranched alkanes of at least 4 members (excludes halogenated alkanes) is 1. The van der Waals surface area contributed by atoms with Gasteiger partial charge in [-0.15, -0.1) is 0 Å². The number of aryl methyl sites for hydroxylation is 1. The van der Waals surface area contributed by atoms with Crippen molar-refractivity contribution in [1.29, 1.82) is 0 Å². The minimum Gasteiger partial charge on any atom is -0.481 e. The van der Waals surface area contributed by atoms with Crippen molar-refractivity contribution in [1.82, 2.24) is 14.6 Å². The molecule has 3 heterocycles. The molecule has 0 saturated carbocycles. The Kier molecular flexibility index (Phi) is 9.17. The van der Waals surface area contributed by atoms with Crippen LogP contribution in [0.1, 0.15) is 64.1 Å². The summed E-state index contributed by atoms with van der Waals surface area (Å²) in [6, 6.07) is 10.4. The summed E-state index contributed by atoms with van der Waals surface area (Å²) in [6.45, 7) is 14.4. The number of carbonyl (C=O) groups is 1. The molecule has 4 rings (SSSR count). The van der Waals surface area contributed by atoms with Crippen molar-refractivity contribution in [3.63, 3.8) is 0 Å². The third-order valence-electron chi connectivity index (χ3n) is 7.47. The Hall–Kier alpha value is -3.94. The van der Waals surface area contributed by atoms with E-state index in [9.17, 15) is 9.90 Å². The van der Waals surface area contributed by atoms with Crippen LogP contribution < -0.4 is 9.80 Å². The summed E-state index contributed by atoms with van der Waals surface area (Å²) in [5.41, 5.74) is 7.04. The number of aromatic nitrogens is 3. The van der Waals surface area contributed by atoms with Gasteiger partial charge >= 0.3 is 5.97 Å². The Morgan fingerprint density at radius 1 is 1.21 bits per heavy atom. The van der Waals surface area contributed by atoms with E-state index < -0.39 is 5.97 Å². The topological polar surface area (TPSA) is 86.3 Å². The Labute approximate surface area is 231 Å². The smallest absolute Gasteiger partial charge is 0.308 e. The second kappa shape index (κ2) is 12.7. The minimum absolute atomic E-state index is 0.0736. The highest BCUT2D eigenvalue weighted by atomic mass is 16.4. The Balaban J connectivity index is 1.79. The molecule has 1 aliphatic rings. The molecule has 0 bridgehead atoms. The fraction of sp³-hybridized carbons (Fsp3) is 0.419. The number of fused-ring (bicyclic) bond motifs is 1. The van der Waals surface area contributed by atoms with Crippen molar-refractivity contribution >= 4 is 29.8 Å². The Morgan fingerprint density at radius 2 is 1.97 bits per heavy atom. The lowest BCUT2D eigenvalue weighted by Crippen LogP contribution is -2.33. The van der Waals surface area contributed by atoms with Crippen LogP contribution in [0.4, 0.5) is 11.5 Å². The van der Waals surface area contributed by atoms with Gasteiger partial charge in [-0.3, -0.25) is 9.79 Å². The van der Waals surface area contributed by atoms with E-state index in [1.165, 1.54) is 6.42 Å². The van der Waals surface area contributed by atoms with Crippen molar-refractivity contribution in [2.75, 3.05) is 29.4 Å². The standard InChI is InChI=1S/C31H40N6O2/c1-6-7-8-12-18-36(24(4)22(2)32-5)26-15-13-14-25(19-26)28-21-29-33-23(3)27(20-30(38)39)31(37(29)34-28)35-16-10-9-11-17-35/h6-7,13-15,19,21H,5,8-12,16-18,20H2,1-4H3,(H,38,39)/b7-6+,24-22-. The van der Waals surface area contributed by atoms with Crippen LogP contribution in [0.2, 0.25) is 0 Å². The molecule has 0 unspecified atom stereocenters. The van der Waals surface area contributed by atoms with E-state index in [1.807, 2.05) is 31.4 Å². The van der Waals surface area contributed by atoms with Gasteiger partial charge in [0.15, 0.2) is 5.65 Å². The first-order valence-electron chi connectivity index (χ1n) is 13.8. The lowest BCUT2D eigenvalue weighted by Gasteiger charge is -2.31. The van der Waals surface area contributed by atoms with Gasteiger partial charge in [-0.1, -0.05) is 24.3 Å². The van der Waals surface area contributed by atoms with E-state index in [0.29, 0.717) is 0 Å². The van der Waals surface area contributed by atoms with Gasteiger partial charge in [0, 0.05) is 53.9 Å². The summed E-state index contributed by atoms with van der Waals surface area (Å²) >= 11 is 0. The van der Waals surface area contributed by atoms with Crippen molar-refractivity contribution in [3.8, 4) is 11.3 Å². The van der Waals surface area contributed by atoms with Gasteiger partial charge in [0.1, 0.15) is 5.82 Å². The maximum absolute atomic E-state index is 11.8. The highest BCUT2D eigenvalue weighted by molar-refractivity contribution is 5.76. The molecule has 8 nitrogen and oxygen atoms in total. The largest absolute Gasteiger partial charge is 0.481 e. The van der Waals surface area contributed by atoms with Crippen LogP contribution in [0, 0.1) is 6.92 Å². The molecule has 206 valence electrons. The third kappa shape index (κ3) is 6.38. The number of aliphatic carboxylic acids is 1. The maximum Gasteiger partial charge on any atom is 0.308 e. The van der Waals surface area contributed by atoms with Crippen LogP contribution in [-0.4, -0.2) is 52.0 Å². The summed E-state index contributed by atoms with van der Waals surface area (Å²) in [7, 11) is 0. The number of hydrogen-bond acceptors (Lipinski definition) is 6. The molecule has 1 saturated heterocycles. The number of carboxylic acid groups (broad SMARTS) is 1. The lowest BCUT2D eigenvalue weighted by atomic mass is 10.1. The molecular weight excluding hydrogens is 488 g/mol. The van der Waals surface area contributed by atoms with Crippen molar-refractivity contribution in [2.45, 2.75) is 66.2 Å². The first-order chi connectivity index (χ1) is 18.8. The normalized spacial score (nSPS) is 14.6. The Morgan fingerprint density at radius 3 is 2.67 bits per heavy atom. The van der Waals surface area contributed by atoms with E-state index in [1.54, 1.807) is 0 Å². The monoisotopic (exact) mass is 528 g/mol. The molecule has 1 fully saturated rings. The van der Waals surface area contributed by atoms with Crippen molar-refractivity contribution < 1.29 is 9.90 Å². The molecule has 1 N–H and O–H groups in total. The predicted molar refractivity (Wildman–Crippen MR) is 160 cm³/mol. The number of nitrogens with zero attached hydrogens (tertiary/aromatic N) is 6. The van der Waals surface area contributed by atoms with Gasteiger partial charge < -0.3 is 14.9 Å². The highest BCUT2D eigenvalue weighted by Gasteiger charge is 2.24. The van der Waals surface area contributed by atoms with Gasteiger partial charge in [0.25, 0.3) is 0 Å². The SMILES string of the molecule is C=N/C(C)=C(/C)N(CCC/C=C/C)c1cccc(-c2cc3nc(C)c(CC(=O)O)c(N4CCCCC4)n3n2)c1. The van der Waals surface area contributed by atoms with Crippen LogP contribution in [-0.2, 0) is 11.2 Å². The van der Waals surface area contributed by atoms with Crippen molar-refractivity contribution in [2.24, 2.45) is 4.99 Å². The number of carboxylic acids is 1. The number of piperidine rings is 1. The van der Waals surface area contributed by atoms with Gasteiger partial charge in [0.2, 0.25) is 0 Å². The van der Waals surface area contributed by atoms with Gasteiger partial charge in [-0.25, -0.2) is 4.98 Å². The number of rotatable bonds is 11. The molecule has 0 atom stereocenters. The van der Waals surface area contributed by atoms with Crippen LogP contribution in [0.5, 0.6) is 0 Å². The molecule has 1 aliphatic heterocycles. The van der Waals surface area contributed by atoms with Gasteiger partial charge in [0.05, 0.1) is 17.8 Å². The molecule has 2 aromatic heterocycles. The van der Waals surface area contributed by atoms with Gasteiger partial charge in [-0.2, -0.15) is 9.61 Å². The summed E-state index contributed by atoms with van der Waals surface area (Å²) in [5.74, 6) is -0.00101. The predicted octanol–water partition coefficient (Wildman–Crippen LogP) is 6.44. The molecule has 0 amide bonds. The third-order valence-corrected chi connectivity index (χ3v) is 7.47. The van der Waals surface area contributed by atoms with Crippen LogP contribution in [0.3, 0.4) is 0 Å². The van der Waals surface area contributed by atoms with Crippen LogP contribution in [0.25, 0.3) is 16.9 Å². The van der Waals surface area contributed by atoms with Crippen LogP contribution >= 0.6 is 0 Å². The average Bonchev–Trinajstić information content (AvgIpc) is 3.36. The fourth-order valence-electron chi connectivity index (χ4n) is 5.23. The Bertz CT molecular complexity index is 1400. The highest BCUT2D eigenvalue weighted by Crippen LogP contribution is 2.32. The molecular formula is C31H40N6O2. The van der Waals surface area contributed by atoms with E-state index >= 15 is 0 Å². The molecule has 0 aliphatic carbocycles. The molecule has 8 heteroatoms. The van der Waals surface area contributed by atoms with Crippen molar-refractivity contribution in [3.05, 3.63) is 65.1 Å². The first-order valence-corrected chi connectivity index (χ1v) is 13.8. The zero-order chi connectivity index (χ0) is 27.9. The fourth-order valence-corrected chi connectivity index (χ4v) is 5.23. The summed E-state index contributed by atoms with van der Waals surface area (Å²) in [6.07, 6.45) is 9.59. The molecule has 1 aromatic carbocycles. The van der Waals surface area contributed by atoms with E-state index in [4.69, 9.17) is 10.1 Å². The minimum atomic E-state index is -0.861. The lowest BCUT2D eigenvalue weighted by molar-refractivity contribution is -0.136. The maximum atomic E-state index is 11.8. The number of allylic oxidation sites excluding steroid dienone is 4.